The molecule has 0 amide bonds. The maximum atomic E-state index is 5.28. The van der Waals surface area contributed by atoms with Gasteiger partial charge in [-0.05, 0) is 12.1 Å². The first-order valence-corrected chi connectivity index (χ1v) is 7.06. The van der Waals surface area contributed by atoms with Crippen molar-refractivity contribution < 1.29 is 4.74 Å². The van der Waals surface area contributed by atoms with Gasteiger partial charge in [0.2, 0.25) is 0 Å². The van der Waals surface area contributed by atoms with Crippen molar-refractivity contribution in [1.82, 2.24) is 10.2 Å². The number of guanidine groups is 1. The monoisotopic (exact) mass is 286 g/mol. The number of ether oxygens (including phenoxy) is 1. The summed E-state index contributed by atoms with van der Waals surface area (Å²) in [6, 6.07) is 8.17. The molecular formula is C16H22N4O. The predicted molar refractivity (Wildman–Crippen MR) is 87.0 cm³/mol. The first-order chi connectivity index (χ1) is 10.3. The second kappa shape index (κ2) is 7.44. The Morgan fingerprint density at radius 3 is 2.76 bits per heavy atom. The minimum atomic E-state index is 0.503. The summed E-state index contributed by atoms with van der Waals surface area (Å²) in [7, 11) is 3.48. The smallest absolute Gasteiger partial charge is 0.194 e. The van der Waals surface area contributed by atoms with E-state index < -0.39 is 0 Å². The van der Waals surface area contributed by atoms with E-state index in [1.807, 2.05) is 12.1 Å². The molecule has 1 fully saturated rings. The Hall–Kier alpha value is -2.35. The highest BCUT2D eigenvalue weighted by molar-refractivity contribution is 5.80. The van der Waals surface area contributed by atoms with Crippen molar-refractivity contribution in [3.8, 4) is 18.1 Å². The van der Waals surface area contributed by atoms with Crippen molar-refractivity contribution in [2.24, 2.45) is 4.99 Å². The molecule has 0 aliphatic carbocycles. The minimum absolute atomic E-state index is 0.503. The SMILES string of the molecule is C#CCNC(=NC)N1CCN(c2cccc(OC)c2)CC1. The summed E-state index contributed by atoms with van der Waals surface area (Å²) < 4.78 is 5.28. The zero-order valence-corrected chi connectivity index (χ0v) is 12.7. The van der Waals surface area contributed by atoms with Gasteiger partial charge in [0.05, 0.1) is 13.7 Å². The Bertz CT molecular complexity index is 527. The Morgan fingerprint density at radius 1 is 1.38 bits per heavy atom. The number of piperazine rings is 1. The summed E-state index contributed by atoms with van der Waals surface area (Å²) in [6.07, 6.45) is 5.28. The quantitative estimate of drug-likeness (QED) is 0.512. The highest BCUT2D eigenvalue weighted by Gasteiger charge is 2.19. The lowest BCUT2D eigenvalue weighted by molar-refractivity contribution is 0.374. The number of methoxy groups -OCH3 is 1. The second-order valence-corrected chi connectivity index (χ2v) is 4.78. The zero-order valence-electron chi connectivity index (χ0n) is 12.7. The summed E-state index contributed by atoms with van der Waals surface area (Å²) in [4.78, 5) is 8.86. The van der Waals surface area contributed by atoms with E-state index in [2.05, 4.69) is 38.2 Å². The van der Waals surface area contributed by atoms with Crippen LogP contribution in [0.3, 0.4) is 0 Å². The van der Waals surface area contributed by atoms with Crippen molar-refractivity contribution in [1.29, 1.82) is 0 Å². The van der Waals surface area contributed by atoms with E-state index in [1.54, 1.807) is 14.2 Å². The fourth-order valence-electron chi connectivity index (χ4n) is 2.45. The van der Waals surface area contributed by atoms with Crippen molar-refractivity contribution >= 4 is 11.6 Å². The minimum Gasteiger partial charge on any atom is -0.497 e. The van der Waals surface area contributed by atoms with Crippen molar-refractivity contribution in [3.05, 3.63) is 24.3 Å². The maximum absolute atomic E-state index is 5.28. The molecule has 1 aliphatic heterocycles. The highest BCUT2D eigenvalue weighted by atomic mass is 16.5. The third-order valence-electron chi connectivity index (χ3n) is 3.56. The molecule has 1 aliphatic rings. The van der Waals surface area contributed by atoms with Gasteiger partial charge in [-0.3, -0.25) is 4.99 Å². The normalized spacial score (nSPS) is 15.6. The zero-order chi connectivity index (χ0) is 15.1. The van der Waals surface area contributed by atoms with Gasteiger partial charge in [0.25, 0.3) is 0 Å². The molecule has 1 saturated heterocycles. The highest BCUT2D eigenvalue weighted by Crippen LogP contribution is 2.22. The van der Waals surface area contributed by atoms with E-state index >= 15 is 0 Å². The molecule has 0 bridgehead atoms. The van der Waals surface area contributed by atoms with Crippen LogP contribution in [0.4, 0.5) is 5.69 Å². The average molecular weight is 286 g/mol. The third-order valence-corrected chi connectivity index (χ3v) is 3.56. The molecule has 0 unspecified atom stereocenters. The molecular weight excluding hydrogens is 264 g/mol. The largest absolute Gasteiger partial charge is 0.497 e. The molecule has 21 heavy (non-hydrogen) atoms. The van der Waals surface area contributed by atoms with Crippen LogP contribution in [0.2, 0.25) is 0 Å². The number of hydrogen-bond donors (Lipinski definition) is 1. The fourth-order valence-corrected chi connectivity index (χ4v) is 2.45. The molecule has 1 heterocycles. The number of nitrogens with zero attached hydrogens (tertiary/aromatic N) is 3. The van der Waals surface area contributed by atoms with E-state index in [-0.39, 0.29) is 0 Å². The van der Waals surface area contributed by atoms with Crippen LogP contribution in [0.5, 0.6) is 5.75 Å². The topological polar surface area (TPSA) is 40.1 Å². The van der Waals surface area contributed by atoms with Crippen molar-refractivity contribution in [2.45, 2.75) is 0 Å². The van der Waals surface area contributed by atoms with Crippen LogP contribution < -0.4 is 15.0 Å². The molecule has 112 valence electrons. The molecule has 1 aromatic rings. The Balaban J connectivity index is 1.95. The van der Waals surface area contributed by atoms with Crippen LogP contribution in [-0.4, -0.2) is 57.7 Å². The van der Waals surface area contributed by atoms with Gasteiger partial charge in [0.1, 0.15) is 5.75 Å². The van der Waals surface area contributed by atoms with Crippen LogP contribution in [-0.2, 0) is 0 Å². The fraction of sp³-hybridized carbons (Fsp3) is 0.438. The number of aliphatic imine (C=N–C) groups is 1. The summed E-state index contributed by atoms with van der Waals surface area (Å²) in [5.41, 5.74) is 1.19. The number of terminal acetylenes is 1. The predicted octanol–water partition coefficient (Wildman–Crippen LogP) is 1.03. The van der Waals surface area contributed by atoms with Crippen LogP contribution in [0, 0.1) is 12.3 Å². The molecule has 0 saturated carbocycles. The Labute approximate surface area is 126 Å². The van der Waals surface area contributed by atoms with E-state index in [0.717, 1.165) is 37.9 Å². The lowest BCUT2D eigenvalue weighted by Crippen LogP contribution is -2.52. The Morgan fingerprint density at radius 2 is 2.14 bits per heavy atom. The van der Waals surface area contributed by atoms with Gasteiger partial charge in [0, 0.05) is 45.0 Å². The van der Waals surface area contributed by atoms with E-state index in [0.29, 0.717) is 6.54 Å². The molecule has 0 aromatic heterocycles. The van der Waals surface area contributed by atoms with Gasteiger partial charge in [-0.25, -0.2) is 0 Å². The third kappa shape index (κ3) is 3.82. The van der Waals surface area contributed by atoms with Gasteiger partial charge in [-0.15, -0.1) is 6.42 Å². The maximum Gasteiger partial charge on any atom is 0.194 e. The van der Waals surface area contributed by atoms with Crippen LogP contribution in [0.1, 0.15) is 0 Å². The second-order valence-electron chi connectivity index (χ2n) is 4.78. The van der Waals surface area contributed by atoms with Gasteiger partial charge in [-0.2, -0.15) is 0 Å². The number of nitrogens with one attached hydrogen (secondary N) is 1. The molecule has 5 heteroatoms. The van der Waals surface area contributed by atoms with Crippen molar-refractivity contribution in [3.63, 3.8) is 0 Å². The standard InChI is InChI=1S/C16H22N4O/c1-4-8-18-16(17-2)20-11-9-19(10-12-20)14-6-5-7-15(13-14)21-3/h1,5-7,13H,8-12H2,2-3H3,(H,17,18). The van der Waals surface area contributed by atoms with Gasteiger partial charge >= 0.3 is 0 Å². The first-order valence-electron chi connectivity index (χ1n) is 7.06. The van der Waals surface area contributed by atoms with E-state index in [9.17, 15) is 0 Å². The van der Waals surface area contributed by atoms with Gasteiger partial charge in [0.15, 0.2) is 5.96 Å². The molecule has 0 atom stereocenters. The van der Waals surface area contributed by atoms with E-state index in [1.165, 1.54) is 5.69 Å². The van der Waals surface area contributed by atoms with Gasteiger partial charge < -0.3 is 19.9 Å². The number of benzene rings is 1. The number of rotatable bonds is 3. The molecule has 2 rings (SSSR count). The molecule has 1 aromatic carbocycles. The van der Waals surface area contributed by atoms with E-state index in [4.69, 9.17) is 11.2 Å². The number of anilines is 1. The summed E-state index contributed by atoms with van der Waals surface area (Å²) in [5.74, 6) is 4.34. The number of hydrogen-bond acceptors (Lipinski definition) is 3. The summed E-state index contributed by atoms with van der Waals surface area (Å²) in [5, 5.41) is 3.16. The van der Waals surface area contributed by atoms with Crippen molar-refractivity contribution in [2.75, 3.05) is 51.8 Å². The molecule has 5 nitrogen and oxygen atoms in total. The van der Waals surface area contributed by atoms with Crippen LogP contribution >= 0.6 is 0 Å². The first kappa shape index (κ1) is 15.0. The van der Waals surface area contributed by atoms with Crippen LogP contribution in [0.25, 0.3) is 0 Å². The van der Waals surface area contributed by atoms with Crippen LogP contribution in [0.15, 0.2) is 29.3 Å². The summed E-state index contributed by atoms with van der Waals surface area (Å²) in [6.45, 7) is 4.24. The molecule has 0 radical (unpaired) electrons. The molecule has 1 N–H and O–H groups in total. The summed E-state index contributed by atoms with van der Waals surface area (Å²) >= 11 is 0. The lowest BCUT2D eigenvalue weighted by Gasteiger charge is -2.37. The average Bonchev–Trinajstić information content (AvgIpc) is 2.56. The lowest BCUT2D eigenvalue weighted by atomic mass is 10.2. The Kier molecular flexibility index (Phi) is 5.33. The molecule has 0 spiro atoms. The van der Waals surface area contributed by atoms with Gasteiger partial charge in [-0.1, -0.05) is 12.0 Å².